The molecule has 0 saturated carbocycles. The molecule has 0 fully saturated rings. The van der Waals surface area contributed by atoms with Crippen LogP contribution in [-0.4, -0.2) is 34.9 Å². The first-order valence-corrected chi connectivity index (χ1v) is 6.58. The molecule has 1 heterocycles. The molecule has 1 amide bonds. The van der Waals surface area contributed by atoms with Gasteiger partial charge in [0.1, 0.15) is 0 Å². The lowest BCUT2D eigenvalue weighted by molar-refractivity contribution is -0.138. The van der Waals surface area contributed by atoms with Gasteiger partial charge in [-0.05, 0) is 13.3 Å². The Hall–Kier alpha value is -1.38. The Bertz CT molecular complexity index is 421. The Morgan fingerprint density at radius 2 is 2.11 bits per heavy atom. The van der Waals surface area contributed by atoms with E-state index in [2.05, 4.69) is 20.8 Å². The van der Waals surface area contributed by atoms with Gasteiger partial charge in [0.15, 0.2) is 0 Å². The molecule has 0 aliphatic heterocycles. The standard InChI is InChI=1S/C10H15F3N4OS/c1-3-4-14-9-17-16-8(19-9)7(18)15-6(2)5-10(11,12)13/h6H,3-5H2,1-2H3,(H,14,17)(H,15,18). The van der Waals surface area contributed by atoms with Crippen molar-refractivity contribution in [3.8, 4) is 0 Å². The number of hydrogen-bond acceptors (Lipinski definition) is 5. The summed E-state index contributed by atoms with van der Waals surface area (Å²) in [7, 11) is 0. The predicted molar refractivity (Wildman–Crippen MR) is 66.3 cm³/mol. The molecule has 19 heavy (non-hydrogen) atoms. The number of nitrogens with one attached hydrogen (secondary N) is 2. The molecule has 5 nitrogen and oxygen atoms in total. The molecule has 0 spiro atoms. The smallest absolute Gasteiger partial charge is 0.360 e. The second-order valence-electron chi connectivity index (χ2n) is 4.03. The van der Waals surface area contributed by atoms with E-state index >= 15 is 0 Å². The predicted octanol–water partition coefficient (Wildman–Crippen LogP) is 2.43. The number of carbonyl (C=O) groups excluding carboxylic acids is 1. The van der Waals surface area contributed by atoms with Crippen LogP contribution in [0.2, 0.25) is 0 Å². The normalized spacial score (nSPS) is 13.1. The largest absolute Gasteiger partial charge is 0.391 e. The molecule has 1 aromatic heterocycles. The Kier molecular flexibility index (Phi) is 5.52. The molecule has 0 saturated heterocycles. The Morgan fingerprint density at radius 3 is 2.68 bits per heavy atom. The van der Waals surface area contributed by atoms with Gasteiger partial charge in [0, 0.05) is 12.6 Å². The summed E-state index contributed by atoms with van der Waals surface area (Å²) in [4.78, 5) is 11.6. The van der Waals surface area contributed by atoms with Crippen molar-refractivity contribution in [3.63, 3.8) is 0 Å². The van der Waals surface area contributed by atoms with Crippen LogP contribution in [0, 0.1) is 0 Å². The van der Waals surface area contributed by atoms with Gasteiger partial charge in [-0.3, -0.25) is 4.79 Å². The second-order valence-corrected chi connectivity index (χ2v) is 5.01. The summed E-state index contributed by atoms with van der Waals surface area (Å²) in [5, 5.41) is 13.1. The molecule has 1 aromatic rings. The first-order chi connectivity index (χ1) is 8.81. The fourth-order valence-corrected chi connectivity index (χ4v) is 1.97. The van der Waals surface area contributed by atoms with E-state index in [1.807, 2.05) is 6.92 Å². The monoisotopic (exact) mass is 296 g/mol. The summed E-state index contributed by atoms with van der Waals surface area (Å²) in [6, 6.07) is -0.997. The zero-order valence-corrected chi connectivity index (χ0v) is 11.4. The average molecular weight is 296 g/mol. The van der Waals surface area contributed by atoms with Gasteiger partial charge < -0.3 is 10.6 Å². The number of alkyl halides is 3. The molecule has 0 bridgehead atoms. The van der Waals surface area contributed by atoms with Crippen LogP contribution in [0.15, 0.2) is 0 Å². The van der Waals surface area contributed by atoms with Crippen molar-refractivity contribution in [2.45, 2.75) is 38.9 Å². The van der Waals surface area contributed by atoms with Gasteiger partial charge in [-0.15, -0.1) is 10.2 Å². The van der Waals surface area contributed by atoms with E-state index in [1.54, 1.807) is 0 Å². The van der Waals surface area contributed by atoms with Gasteiger partial charge in [0.25, 0.3) is 5.91 Å². The molecule has 0 radical (unpaired) electrons. The molecule has 1 unspecified atom stereocenters. The van der Waals surface area contributed by atoms with Crippen molar-refractivity contribution in [1.82, 2.24) is 15.5 Å². The fourth-order valence-electron chi connectivity index (χ4n) is 1.30. The van der Waals surface area contributed by atoms with Gasteiger partial charge in [-0.25, -0.2) is 0 Å². The molecule has 2 N–H and O–H groups in total. The molecule has 9 heteroatoms. The van der Waals surface area contributed by atoms with Crippen LogP contribution < -0.4 is 10.6 Å². The molecule has 0 aliphatic carbocycles. The molecule has 0 aromatic carbocycles. The van der Waals surface area contributed by atoms with Crippen LogP contribution in [0.25, 0.3) is 0 Å². The van der Waals surface area contributed by atoms with Gasteiger partial charge in [0.2, 0.25) is 10.1 Å². The van der Waals surface area contributed by atoms with E-state index in [0.717, 1.165) is 17.8 Å². The lowest BCUT2D eigenvalue weighted by Crippen LogP contribution is -2.35. The van der Waals surface area contributed by atoms with Gasteiger partial charge in [0.05, 0.1) is 6.42 Å². The molecular formula is C10H15F3N4OS. The van der Waals surface area contributed by atoms with Crippen molar-refractivity contribution in [2.24, 2.45) is 0 Å². The number of nitrogens with zero attached hydrogens (tertiary/aromatic N) is 2. The number of carbonyl (C=O) groups is 1. The quantitative estimate of drug-likeness (QED) is 0.846. The first kappa shape index (κ1) is 15.7. The zero-order valence-electron chi connectivity index (χ0n) is 10.5. The highest BCUT2D eigenvalue weighted by Crippen LogP contribution is 2.22. The van der Waals surface area contributed by atoms with Crippen LogP contribution in [0.3, 0.4) is 0 Å². The number of hydrogen-bond donors (Lipinski definition) is 2. The number of aromatic nitrogens is 2. The van der Waals surface area contributed by atoms with E-state index in [0.29, 0.717) is 11.7 Å². The van der Waals surface area contributed by atoms with Crippen LogP contribution in [0.4, 0.5) is 18.3 Å². The third-order valence-corrected chi connectivity index (χ3v) is 2.94. The first-order valence-electron chi connectivity index (χ1n) is 5.77. The Labute approximate surface area is 112 Å². The number of amides is 1. The summed E-state index contributed by atoms with van der Waals surface area (Å²) in [5.41, 5.74) is 0. The van der Waals surface area contributed by atoms with Crippen LogP contribution >= 0.6 is 11.3 Å². The Balaban J connectivity index is 2.51. The molecular weight excluding hydrogens is 281 g/mol. The lowest BCUT2D eigenvalue weighted by atomic mass is 10.2. The maximum Gasteiger partial charge on any atom is 0.391 e. The highest BCUT2D eigenvalue weighted by atomic mass is 32.1. The van der Waals surface area contributed by atoms with Crippen LogP contribution in [-0.2, 0) is 0 Å². The minimum Gasteiger partial charge on any atom is -0.360 e. The van der Waals surface area contributed by atoms with Crippen molar-refractivity contribution in [2.75, 3.05) is 11.9 Å². The van der Waals surface area contributed by atoms with Gasteiger partial charge >= 0.3 is 6.18 Å². The van der Waals surface area contributed by atoms with E-state index in [-0.39, 0.29) is 5.01 Å². The van der Waals surface area contributed by atoms with Crippen LogP contribution in [0.5, 0.6) is 0 Å². The van der Waals surface area contributed by atoms with Gasteiger partial charge in [-0.1, -0.05) is 18.3 Å². The van der Waals surface area contributed by atoms with Gasteiger partial charge in [-0.2, -0.15) is 13.2 Å². The molecule has 1 atom stereocenters. The third-order valence-electron chi connectivity index (χ3n) is 2.06. The molecule has 108 valence electrons. The number of anilines is 1. The lowest BCUT2D eigenvalue weighted by Gasteiger charge is -2.14. The minimum absolute atomic E-state index is 0.0487. The molecule has 0 aliphatic rings. The second kappa shape index (κ2) is 6.69. The highest BCUT2D eigenvalue weighted by Gasteiger charge is 2.31. The van der Waals surface area contributed by atoms with Crippen molar-refractivity contribution < 1.29 is 18.0 Å². The maximum atomic E-state index is 12.1. The number of halogens is 3. The van der Waals surface area contributed by atoms with E-state index in [1.165, 1.54) is 6.92 Å². The van der Waals surface area contributed by atoms with E-state index in [9.17, 15) is 18.0 Å². The Morgan fingerprint density at radius 1 is 1.42 bits per heavy atom. The summed E-state index contributed by atoms with van der Waals surface area (Å²) >= 11 is 1.01. The topological polar surface area (TPSA) is 66.9 Å². The van der Waals surface area contributed by atoms with Crippen LogP contribution in [0.1, 0.15) is 36.5 Å². The summed E-state index contributed by atoms with van der Waals surface area (Å²) in [5.74, 6) is -0.640. The number of rotatable bonds is 6. The van der Waals surface area contributed by atoms with E-state index in [4.69, 9.17) is 0 Å². The SMILES string of the molecule is CCCNc1nnc(C(=O)NC(C)CC(F)(F)F)s1. The minimum atomic E-state index is -4.30. The maximum absolute atomic E-state index is 12.1. The van der Waals surface area contributed by atoms with Crippen molar-refractivity contribution in [3.05, 3.63) is 5.01 Å². The third kappa shape index (κ3) is 5.86. The summed E-state index contributed by atoms with van der Waals surface area (Å²) in [6.07, 6.45) is -4.48. The zero-order chi connectivity index (χ0) is 14.5. The average Bonchev–Trinajstić information content (AvgIpc) is 2.72. The summed E-state index contributed by atoms with van der Waals surface area (Å²) < 4.78 is 36.3. The van der Waals surface area contributed by atoms with Crippen molar-refractivity contribution >= 4 is 22.4 Å². The van der Waals surface area contributed by atoms with Crippen molar-refractivity contribution in [1.29, 1.82) is 0 Å². The fraction of sp³-hybridized carbons (Fsp3) is 0.700. The highest BCUT2D eigenvalue weighted by molar-refractivity contribution is 7.17. The summed E-state index contributed by atoms with van der Waals surface area (Å²) in [6.45, 7) is 3.96. The molecule has 1 rings (SSSR count). The van der Waals surface area contributed by atoms with E-state index < -0.39 is 24.5 Å².